The average Bonchev–Trinajstić information content (AvgIpc) is 2.79. The van der Waals surface area contributed by atoms with Gasteiger partial charge in [0.05, 0.1) is 5.69 Å². The number of nitrogens with two attached hydrogens (primary N) is 1. The molecule has 0 aliphatic rings. The van der Waals surface area contributed by atoms with Crippen molar-refractivity contribution in [3.63, 3.8) is 0 Å². The maximum atomic E-state index is 13.6. The topological polar surface area (TPSA) is 123 Å². The van der Waals surface area contributed by atoms with E-state index in [0.717, 1.165) is 6.07 Å². The van der Waals surface area contributed by atoms with Crippen molar-refractivity contribution < 1.29 is 18.6 Å². The second kappa shape index (κ2) is 5.34. The van der Waals surface area contributed by atoms with Crippen molar-refractivity contribution in [1.29, 1.82) is 0 Å². The van der Waals surface area contributed by atoms with Crippen LogP contribution < -0.4 is 16.4 Å². The summed E-state index contributed by atoms with van der Waals surface area (Å²) in [7, 11) is 0. The first-order valence-corrected chi connectivity index (χ1v) is 5.44. The van der Waals surface area contributed by atoms with Crippen LogP contribution in [-0.4, -0.2) is 22.1 Å². The van der Waals surface area contributed by atoms with Gasteiger partial charge in [0.1, 0.15) is 5.82 Å². The Morgan fingerprint density at radius 2 is 2.05 bits per heavy atom. The highest BCUT2D eigenvalue weighted by Crippen LogP contribution is 2.20. The first-order valence-electron chi connectivity index (χ1n) is 5.44. The van der Waals surface area contributed by atoms with Gasteiger partial charge in [0, 0.05) is 12.6 Å². The number of amides is 2. The third-order valence-electron chi connectivity index (χ3n) is 2.26. The Bertz CT molecular complexity index is 670. The lowest BCUT2D eigenvalue weighted by molar-refractivity contribution is -0.114. The van der Waals surface area contributed by atoms with Crippen LogP contribution in [-0.2, 0) is 4.79 Å². The molecule has 0 aliphatic heterocycles. The van der Waals surface area contributed by atoms with Gasteiger partial charge in [0.25, 0.3) is 5.91 Å². The van der Waals surface area contributed by atoms with E-state index < -0.39 is 11.7 Å². The first kappa shape index (κ1) is 13.5. The maximum Gasteiger partial charge on any atom is 0.281 e. The Labute approximate surface area is 112 Å². The van der Waals surface area contributed by atoms with Gasteiger partial charge in [-0.25, -0.2) is 9.02 Å². The predicted octanol–water partition coefficient (Wildman–Crippen LogP) is 1.00. The van der Waals surface area contributed by atoms with E-state index in [1.54, 1.807) is 0 Å². The maximum absolute atomic E-state index is 13.6. The molecule has 0 aliphatic carbocycles. The molecule has 1 heterocycles. The Morgan fingerprint density at radius 1 is 1.30 bits per heavy atom. The Kier molecular flexibility index (Phi) is 3.60. The molecule has 0 bridgehead atoms. The van der Waals surface area contributed by atoms with Crippen LogP contribution in [0.5, 0.6) is 0 Å². The van der Waals surface area contributed by atoms with E-state index in [-0.39, 0.29) is 23.1 Å². The highest BCUT2D eigenvalue weighted by molar-refractivity contribution is 6.05. The largest absolute Gasteiger partial charge is 0.379 e. The number of anilines is 3. The molecule has 0 atom stereocenters. The summed E-state index contributed by atoms with van der Waals surface area (Å²) in [6.45, 7) is 1.31. The zero-order chi connectivity index (χ0) is 14.7. The molecule has 104 valence electrons. The minimum Gasteiger partial charge on any atom is -0.379 e. The van der Waals surface area contributed by atoms with Crippen molar-refractivity contribution >= 4 is 29.0 Å². The summed E-state index contributed by atoms with van der Waals surface area (Å²) >= 11 is 0. The molecule has 0 saturated heterocycles. The Balaban J connectivity index is 2.22. The summed E-state index contributed by atoms with van der Waals surface area (Å²) in [6, 6.07) is 3.72. The number of nitrogens with one attached hydrogen (secondary N) is 2. The van der Waals surface area contributed by atoms with E-state index >= 15 is 0 Å². The van der Waals surface area contributed by atoms with Gasteiger partial charge in [-0.3, -0.25) is 9.59 Å². The summed E-state index contributed by atoms with van der Waals surface area (Å²) < 4.78 is 17.9. The minimum absolute atomic E-state index is 0.136. The summed E-state index contributed by atoms with van der Waals surface area (Å²) in [5.74, 6) is -1.98. The van der Waals surface area contributed by atoms with Crippen molar-refractivity contribution in [2.45, 2.75) is 6.92 Å². The van der Waals surface area contributed by atoms with Gasteiger partial charge in [-0.1, -0.05) is 0 Å². The molecule has 2 amide bonds. The third kappa shape index (κ3) is 2.88. The minimum atomic E-state index is -0.775. The lowest BCUT2D eigenvalue weighted by Crippen LogP contribution is -2.15. The second-order valence-corrected chi connectivity index (χ2v) is 3.83. The summed E-state index contributed by atoms with van der Waals surface area (Å²) in [5, 5.41) is 11.3. The first-order chi connectivity index (χ1) is 9.47. The van der Waals surface area contributed by atoms with Crippen LogP contribution in [0.15, 0.2) is 22.8 Å². The van der Waals surface area contributed by atoms with Crippen LogP contribution in [0, 0.1) is 5.82 Å². The molecular formula is C11H10FN5O3. The van der Waals surface area contributed by atoms with Crippen molar-refractivity contribution in [3.05, 3.63) is 29.7 Å². The van der Waals surface area contributed by atoms with Crippen molar-refractivity contribution in [3.8, 4) is 0 Å². The smallest absolute Gasteiger partial charge is 0.281 e. The van der Waals surface area contributed by atoms with Crippen molar-refractivity contribution in [2.24, 2.45) is 0 Å². The van der Waals surface area contributed by atoms with Crippen molar-refractivity contribution in [2.75, 3.05) is 16.4 Å². The molecule has 0 fully saturated rings. The second-order valence-electron chi connectivity index (χ2n) is 3.83. The molecule has 0 unspecified atom stereocenters. The fourth-order valence-electron chi connectivity index (χ4n) is 1.44. The molecular weight excluding hydrogens is 269 g/mol. The molecule has 0 saturated carbocycles. The van der Waals surface area contributed by atoms with Crippen molar-refractivity contribution in [1.82, 2.24) is 10.3 Å². The van der Waals surface area contributed by atoms with Gasteiger partial charge in [0.2, 0.25) is 17.4 Å². The number of carbonyl (C=O) groups is 2. The third-order valence-corrected chi connectivity index (χ3v) is 2.26. The zero-order valence-electron chi connectivity index (χ0n) is 10.3. The molecule has 2 rings (SSSR count). The van der Waals surface area contributed by atoms with E-state index in [2.05, 4.69) is 25.6 Å². The van der Waals surface area contributed by atoms with Gasteiger partial charge in [0.15, 0.2) is 0 Å². The van der Waals surface area contributed by atoms with Gasteiger partial charge in [-0.05, 0) is 28.5 Å². The van der Waals surface area contributed by atoms with Gasteiger partial charge < -0.3 is 16.4 Å². The molecule has 4 N–H and O–H groups in total. The normalized spacial score (nSPS) is 10.1. The number of rotatable bonds is 3. The van der Waals surface area contributed by atoms with Crippen LogP contribution in [0.25, 0.3) is 0 Å². The van der Waals surface area contributed by atoms with Crippen LogP contribution in [0.3, 0.4) is 0 Å². The van der Waals surface area contributed by atoms with Crippen LogP contribution in [0.1, 0.15) is 17.4 Å². The Morgan fingerprint density at radius 3 is 2.65 bits per heavy atom. The van der Waals surface area contributed by atoms with E-state index in [4.69, 9.17) is 5.73 Å². The van der Waals surface area contributed by atoms with E-state index in [1.165, 1.54) is 19.1 Å². The van der Waals surface area contributed by atoms with E-state index in [0.29, 0.717) is 5.69 Å². The number of nitrogen functional groups attached to an aromatic ring is 1. The van der Waals surface area contributed by atoms with E-state index in [9.17, 15) is 14.0 Å². The predicted molar refractivity (Wildman–Crippen MR) is 67.4 cm³/mol. The monoisotopic (exact) mass is 279 g/mol. The molecule has 2 aromatic rings. The summed E-state index contributed by atoms with van der Waals surface area (Å²) in [4.78, 5) is 22.7. The molecule has 8 nitrogen and oxygen atoms in total. The highest BCUT2D eigenvalue weighted by atomic mass is 19.1. The Hall–Kier alpha value is -2.97. The standard InChI is InChI=1S/C11H10FN5O3/c1-5(18)14-6-2-3-7(12)8(4-6)15-11(19)9-10(13)17-20-16-9/h2-4H,1H3,(H2,13,17)(H,14,18)(H,15,19). The van der Waals surface area contributed by atoms with Gasteiger partial charge in [-0.15, -0.1) is 0 Å². The number of hydrogen-bond donors (Lipinski definition) is 3. The van der Waals surface area contributed by atoms with Crippen LogP contribution in [0.4, 0.5) is 21.6 Å². The number of carbonyl (C=O) groups excluding carboxylic acids is 2. The molecule has 9 heteroatoms. The van der Waals surface area contributed by atoms with Crippen LogP contribution >= 0.6 is 0 Å². The fraction of sp³-hybridized carbons (Fsp3) is 0.0909. The number of hydrogen-bond acceptors (Lipinski definition) is 6. The number of benzene rings is 1. The highest BCUT2D eigenvalue weighted by Gasteiger charge is 2.17. The van der Waals surface area contributed by atoms with Gasteiger partial charge >= 0.3 is 0 Å². The van der Waals surface area contributed by atoms with Crippen LogP contribution in [0.2, 0.25) is 0 Å². The molecule has 1 aromatic carbocycles. The molecule has 1 aromatic heterocycles. The fourth-order valence-corrected chi connectivity index (χ4v) is 1.44. The lowest BCUT2D eigenvalue weighted by Gasteiger charge is -2.08. The average molecular weight is 279 g/mol. The quantitative estimate of drug-likeness (QED) is 0.770. The zero-order valence-corrected chi connectivity index (χ0v) is 10.3. The number of nitrogens with zero attached hydrogens (tertiary/aromatic N) is 2. The molecule has 20 heavy (non-hydrogen) atoms. The molecule has 0 spiro atoms. The number of halogens is 1. The van der Waals surface area contributed by atoms with E-state index in [1.807, 2.05) is 0 Å². The summed E-state index contributed by atoms with van der Waals surface area (Å²) in [6.07, 6.45) is 0. The summed E-state index contributed by atoms with van der Waals surface area (Å²) in [5.41, 5.74) is 5.29. The van der Waals surface area contributed by atoms with Gasteiger partial charge in [-0.2, -0.15) is 0 Å². The molecule has 0 radical (unpaired) electrons. The lowest BCUT2D eigenvalue weighted by atomic mass is 10.2. The number of aromatic nitrogens is 2. The SMILES string of the molecule is CC(=O)Nc1ccc(F)c(NC(=O)c2nonc2N)c1.